The number of benzene rings is 1. The largest absolute Gasteiger partial charge is 0.442 e. The van der Waals surface area contributed by atoms with Crippen LogP contribution in [0.25, 0.3) is 0 Å². The zero-order chi connectivity index (χ0) is 23.0. The molecule has 1 amide bonds. The summed E-state index contributed by atoms with van der Waals surface area (Å²) >= 11 is 13.9. The van der Waals surface area contributed by atoms with Crippen LogP contribution in [0.4, 0.5) is 4.79 Å². The number of nitrogens with zero attached hydrogens (tertiary/aromatic N) is 3. The van der Waals surface area contributed by atoms with E-state index < -0.39 is 6.09 Å². The fraction of sp³-hybridized carbons (Fsp3) is 0.318. The molecule has 0 spiro atoms. The molecule has 166 valence electrons. The Kier molecular flexibility index (Phi) is 9.68. The Morgan fingerprint density at radius 1 is 1.16 bits per heavy atom. The molecular weight excluding hydrogens is 455 g/mol. The fourth-order valence-electron chi connectivity index (χ4n) is 2.76. The molecule has 9 heteroatoms. The number of carbonyl (C=O) groups is 1. The number of halogens is 2. The third kappa shape index (κ3) is 7.16. The normalized spacial score (nSPS) is 10.5. The van der Waals surface area contributed by atoms with Gasteiger partial charge in [-0.1, -0.05) is 62.7 Å². The quantitative estimate of drug-likeness (QED) is 0.415. The van der Waals surface area contributed by atoms with Gasteiger partial charge in [-0.25, -0.2) is 9.78 Å². The number of rotatable bonds is 7. The van der Waals surface area contributed by atoms with Gasteiger partial charge in [0.05, 0.1) is 12.2 Å². The molecular formula is C22H26Cl2N4O2S. The van der Waals surface area contributed by atoms with E-state index in [0.717, 1.165) is 21.2 Å². The van der Waals surface area contributed by atoms with Gasteiger partial charge in [-0.05, 0) is 41.8 Å². The van der Waals surface area contributed by atoms with E-state index in [1.54, 1.807) is 18.5 Å². The summed E-state index contributed by atoms with van der Waals surface area (Å²) in [5.41, 5.74) is 7.10. The first-order valence-electron chi connectivity index (χ1n) is 9.88. The molecule has 2 aromatic heterocycles. The number of hydrogen-bond acceptors (Lipinski definition) is 5. The number of imidazole rings is 1. The monoisotopic (exact) mass is 480 g/mol. The van der Waals surface area contributed by atoms with Crippen molar-refractivity contribution < 1.29 is 9.53 Å². The average molecular weight is 481 g/mol. The molecule has 0 aliphatic rings. The van der Waals surface area contributed by atoms with E-state index in [-0.39, 0.29) is 12.5 Å². The van der Waals surface area contributed by atoms with Crippen molar-refractivity contribution in [2.24, 2.45) is 5.73 Å². The van der Waals surface area contributed by atoms with E-state index in [9.17, 15) is 4.79 Å². The minimum atomic E-state index is -0.842. The Bertz CT molecular complexity index is 990. The highest BCUT2D eigenvalue weighted by atomic mass is 35.5. The summed E-state index contributed by atoms with van der Waals surface area (Å²) in [6.45, 7) is 8.65. The molecule has 0 atom stereocenters. The average Bonchev–Trinajstić information content (AvgIpc) is 3.05. The highest BCUT2D eigenvalue weighted by Crippen LogP contribution is 2.37. The number of primary amides is 1. The maximum Gasteiger partial charge on any atom is 0.404 e. The number of amides is 1. The molecule has 1 aromatic carbocycles. The first-order chi connectivity index (χ1) is 14.8. The van der Waals surface area contributed by atoms with Crippen molar-refractivity contribution in [3.05, 3.63) is 69.9 Å². The number of pyridine rings is 1. The lowest BCUT2D eigenvalue weighted by molar-refractivity contribution is 0.145. The van der Waals surface area contributed by atoms with Crippen LogP contribution in [-0.4, -0.2) is 20.6 Å². The topological polar surface area (TPSA) is 83.0 Å². The minimum Gasteiger partial charge on any atom is -0.442 e. The van der Waals surface area contributed by atoms with Crippen LogP contribution >= 0.6 is 35.0 Å². The molecule has 3 aromatic rings. The molecule has 0 aliphatic heterocycles. The van der Waals surface area contributed by atoms with Crippen LogP contribution in [0.5, 0.6) is 0 Å². The Morgan fingerprint density at radius 2 is 1.77 bits per heavy atom. The van der Waals surface area contributed by atoms with Crippen molar-refractivity contribution >= 4 is 41.1 Å². The van der Waals surface area contributed by atoms with E-state index in [2.05, 4.69) is 18.8 Å². The standard InChI is InChI=1S/C20H20Cl2N4O2S.C2H6/c1-12(2)18-19(29-16-8-14(21)7-15(22)9-16)26(10-13-3-5-24-6-4-13)17(25-18)11-28-20(23)27;1-2/h3-9,12H,10-11H2,1-2H3,(H2,23,27);1-2H3. The molecule has 0 unspecified atom stereocenters. The van der Waals surface area contributed by atoms with Gasteiger partial charge in [-0.2, -0.15) is 0 Å². The molecule has 0 saturated heterocycles. The van der Waals surface area contributed by atoms with Gasteiger partial charge in [0.1, 0.15) is 10.9 Å². The Morgan fingerprint density at radius 3 is 2.32 bits per heavy atom. The Balaban J connectivity index is 0.00000166. The second-order valence-corrected chi connectivity index (χ2v) is 8.56. The molecule has 0 radical (unpaired) electrons. The predicted molar refractivity (Wildman–Crippen MR) is 126 cm³/mol. The van der Waals surface area contributed by atoms with Crippen molar-refractivity contribution in [1.82, 2.24) is 14.5 Å². The third-order valence-electron chi connectivity index (χ3n) is 4.06. The van der Waals surface area contributed by atoms with Gasteiger partial charge < -0.3 is 15.0 Å². The van der Waals surface area contributed by atoms with Crippen LogP contribution in [0, 0.1) is 0 Å². The zero-order valence-corrected chi connectivity index (χ0v) is 20.3. The summed E-state index contributed by atoms with van der Waals surface area (Å²) < 4.78 is 7.06. The van der Waals surface area contributed by atoms with E-state index in [4.69, 9.17) is 38.7 Å². The summed E-state index contributed by atoms with van der Waals surface area (Å²) in [6, 6.07) is 9.25. The van der Waals surface area contributed by atoms with E-state index in [0.29, 0.717) is 22.4 Å². The van der Waals surface area contributed by atoms with Crippen molar-refractivity contribution in [1.29, 1.82) is 0 Å². The maximum absolute atomic E-state index is 11.2. The summed E-state index contributed by atoms with van der Waals surface area (Å²) in [6.07, 6.45) is 2.63. The zero-order valence-electron chi connectivity index (χ0n) is 17.9. The number of hydrogen-bond donors (Lipinski definition) is 1. The fourth-order valence-corrected chi connectivity index (χ4v) is 4.68. The van der Waals surface area contributed by atoms with Gasteiger partial charge in [0.15, 0.2) is 6.61 Å². The van der Waals surface area contributed by atoms with Gasteiger partial charge in [-0.15, -0.1) is 0 Å². The van der Waals surface area contributed by atoms with Gasteiger partial charge in [-0.3, -0.25) is 4.98 Å². The minimum absolute atomic E-state index is 0.0169. The lowest BCUT2D eigenvalue weighted by Gasteiger charge is -2.14. The first-order valence-corrected chi connectivity index (χ1v) is 11.4. The van der Waals surface area contributed by atoms with Crippen molar-refractivity contribution in [3.8, 4) is 0 Å². The van der Waals surface area contributed by atoms with E-state index in [1.165, 1.54) is 11.8 Å². The molecule has 3 rings (SSSR count). The highest BCUT2D eigenvalue weighted by Gasteiger charge is 2.22. The summed E-state index contributed by atoms with van der Waals surface area (Å²) in [5, 5.41) is 2.05. The van der Waals surface area contributed by atoms with Gasteiger partial charge >= 0.3 is 6.09 Å². The molecule has 0 saturated carbocycles. The van der Waals surface area contributed by atoms with Crippen LogP contribution in [-0.2, 0) is 17.9 Å². The second-order valence-electron chi connectivity index (χ2n) is 6.63. The van der Waals surface area contributed by atoms with E-state index >= 15 is 0 Å². The number of aromatic nitrogens is 3. The van der Waals surface area contributed by atoms with Crippen molar-refractivity contribution in [3.63, 3.8) is 0 Å². The highest BCUT2D eigenvalue weighted by molar-refractivity contribution is 7.99. The lowest BCUT2D eigenvalue weighted by Crippen LogP contribution is -2.15. The molecule has 0 fully saturated rings. The summed E-state index contributed by atoms with van der Waals surface area (Å²) in [4.78, 5) is 20.9. The van der Waals surface area contributed by atoms with E-state index in [1.807, 2.05) is 42.7 Å². The molecule has 0 bridgehead atoms. The second kappa shape index (κ2) is 12.0. The van der Waals surface area contributed by atoms with Crippen LogP contribution in [0.1, 0.15) is 50.7 Å². The molecule has 0 aliphatic carbocycles. The number of nitrogens with two attached hydrogens (primary N) is 1. The van der Waals surface area contributed by atoms with Gasteiger partial charge in [0, 0.05) is 27.3 Å². The molecule has 31 heavy (non-hydrogen) atoms. The SMILES string of the molecule is CC.CC(C)c1nc(COC(N)=O)n(Cc2ccncc2)c1Sc1cc(Cl)cc(Cl)c1. The molecule has 6 nitrogen and oxygen atoms in total. The van der Waals surface area contributed by atoms with Crippen LogP contribution in [0.2, 0.25) is 10.0 Å². The van der Waals surface area contributed by atoms with Crippen LogP contribution in [0.15, 0.2) is 52.6 Å². The Labute approximate surface area is 197 Å². The van der Waals surface area contributed by atoms with Crippen LogP contribution < -0.4 is 5.73 Å². The van der Waals surface area contributed by atoms with Gasteiger partial charge in [0.2, 0.25) is 0 Å². The summed E-state index contributed by atoms with van der Waals surface area (Å²) in [7, 11) is 0. The molecule has 2 heterocycles. The lowest BCUT2D eigenvalue weighted by atomic mass is 10.1. The predicted octanol–water partition coefficient (Wildman–Crippen LogP) is 6.53. The summed E-state index contributed by atoms with van der Waals surface area (Å²) in [5.74, 6) is 0.762. The maximum atomic E-state index is 11.2. The van der Waals surface area contributed by atoms with Crippen molar-refractivity contribution in [2.45, 2.75) is 56.7 Å². The Hall–Kier alpha value is -2.22. The smallest absolute Gasteiger partial charge is 0.404 e. The van der Waals surface area contributed by atoms with Gasteiger partial charge in [0.25, 0.3) is 0 Å². The first kappa shape index (κ1) is 25.0. The third-order valence-corrected chi connectivity index (χ3v) is 5.59. The molecule has 2 N–H and O–H groups in total. The number of carbonyl (C=O) groups excluding carboxylic acids is 1. The number of ether oxygens (including phenoxy) is 1. The van der Waals surface area contributed by atoms with Crippen molar-refractivity contribution in [2.75, 3.05) is 0 Å². The van der Waals surface area contributed by atoms with Crippen LogP contribution in [0.3, 0.4) is 0 Å².